The fraction of sp³-hybridized carbons (Fsp3) is 1.00. The summed E-state index contributed by atoms with van der Waals surface area (Å²) in [6.07, 6.45) is 0. The van der Waals surface area contributed by atoms with Crippen molar-refractivity contribution in [3.8, 4) is 0 Å². The molecular formula is C4H10N4. The third-order valence-corrected chi connectivity index (χ3v) is 1.04. The lowest BCUT2D eigenvalue weighted by molar-refractivity contribution is 0.328. The molecule has 0 bridgehead atoms. The van der Waals surface area contributed by atoms with Crippen LogP contribution in [-0.4, -0.2) is 31.2 Å². The quantitative estimate of drug-likeness (QED) is 0.532. The summed E-state index contributed by atoms with van der Waals surface area (Å²) in [5, 5.41) is 9.46. The molecular weight excluding hydrogens is 104 g/mol. The van der Waals surface area contributed by atoms with Crippen molar-refractivity contribution in [1.82, 2.24) is 5.01 Å². The van der Waals surface area contributed by atoms with E-state index in [1.807, 2.05) is 5.01 Å². The molecule has 0 atom stereocenters. The minimum atomic E-state index is 0.666. The summed E-state index contributed by atoms with van der Waals surface area (Å²) < 4.78 is 0. The van der Waals surface area contributed by atoms with E-state index in [9.17, 15) is 0 Å². The maximum atomic E-state index is 5.26. The molecule has 0 saturated heterocycles. The van der Waals surface area contributed by atoms with Crippen LogP contribution in [0.25, 0.3) is 0 Å². The average molecular weight is 114 g/mol. The molecule has 46 valence electrons. The SMILES string of the molecule is NCCN1CCN=N1. The van der Waals surface area contributed by atoms with E-state index in [0.717, 1.165) is 19.6 Å². The highest BCUT2D eigenvalue weighted by molar-refractivity contribution is 4.57. The second-order valence-electron chi connectivity index (χ2n) is 1.70. The molecule has 4 nitrogen and oxygen atoms in total. The summed E-state index contributed by atoms with van der Waals surface area (Å²) in [4.78, 5) is 0. The molecule has 1 heterocycles. The molecule has 0 spiro atoms. The van der Waals surface area contributed by atoms with E-state index < -0.39 is 0 Å². The predicted octanol–water partition coefficient (Wildman–Crippen LogP) is -0.372. The van der Waals surface area contributed by atoms with Crippen molar-refractivity contribution < 1.29 is 0 Å². The predicted molar refractivity (Wildman–Crippen MR) is 30.4 cm³/mol. The molecule has 0 aliphatic carbocycles. The van der Waals surface area contributed by atoms with Crippen LogP contribution >= 0.6 is 0 Å². The zero-order valence-electron chi connectivity index (χ0n) is 4.75. The average Bonchev–Trinajstić information content (AvgIpc) is 2.19. The van der Waals surface area contributed by atoms with Gasteiger partial charge in [0.15, 0.2) is 0 Å². The summed E-state index contributed by atoms with van der Waals surface area (Å²) in [6.45, 7) is 3.28. The van der Waals surface area contributed by atoms with Gasteiger partial charge >= 0.3 is 0 Å². The molecule has 0 aromatic heterocycles. The molecule has 0 aromatic carbocycles. The number of rotatable bonds is 2. The summed E-state index contributed by atoms with van der Waals surface area (Å²) in [5.41, 5.74) is 5.26. The topological polar surface area (TPSA) is 54.0 Å². The molecule has 1 aliphatic heterocycles. The van der Waals surface area contributed by atoms with Crippen molar-refractivity contribution >= 4 is 0 Å². The van der Waals surface area contributed by atoms with E-state index in [4.69, 9.17) is 5.73 Å². The van der Waals surface area contributed by atoms with E-state index >= 15 is 0 Å². The Labute approximate surface area is 48.3 Å². The lowest BCUT2D eigenvalue weighted by Gasteiger charge is -2.07. The van der Waals surface area contributed by atoms with Crippen LogP contribution in [0.2, 0.25) is 0 Å². The van der Waals surface area contributed by atoms with Gasteiger partial charge in [0, 0.05) is 6.54 Å². The van der Waals surface area contributed by atoms with Gasteiger partial charge < -0.3 is 5.73 Å². The van der Waals surface area contributed by atoms with Crippen molar-refractivity contribution in [2.75, 3.05) is 26.2 Å². The Morgan fingerprint density at radius 3 is 3.00 bits per heavy atom. The van der Waals surface area contributed by atoms with Gasteiger partial charge in [-0.2, -0.15) is 5.11 Å². The first-order valence-corrected chi connectivity index (χ1v) is 2.76. The molecule has 0 fully saturated rings. The van der Waals surface area contributed by atoms with Crippen LogP contribution in [0.15, 0.2) is 10.3 Å². The third kappa shape index (κ3) is 1.16. The molecule has 8 heavy (non-hydrogen) atoms. The molecule has 2 N–H and O–H groups in total. The zero-order valence-corrected chi connectivity index (χ0v) is 4.75. The van der Waals surface area contributed by atoms with Crippen molar-refractivity contribution in [3.05, 3.63) is 0 Å². The fourth-order valence-corrected chi connectivity index (χ4v) is 0.645. The van der Waals surface area contributed by atoms with Crippen molar-refractivity contribution in [1.29, 1.82) is 0 Å². The van der Waals surface area contributed by atoms with Gasteiger partial charge in [-0.25, -0.2) is 0 Å². The number of nitrogens with zero attached hydrogens (tertiary/aromatic N) is 3. The number of hydrogen-bond acceptors (Lipinski definition) is 4. The Morgan fingerprint density at radius 1 is 1.62 bits per heavy atom. The van der Waals surface area contributed by atoms with Gasteiger partial charge in [-0.15, -0.1) is 0 Å². The Bertz CT molecular complexity index is 90.0. The Morgan fingerprint density at radius 2 is 2.50 bits per heavy atom. The van der Waals surface area contributed by atoms with Gasteiger partial charge in [0.2, 0.25) is 0 Å². The fourth-order valence-electron chi connectivity index (χ4n) is 0.645. The highest BCUT2D eigenvalue weighted by atomic mass is 15.6. The smallest absolute Gasteiger partial charge is 0.0813 e. The van der Waals surface area contributed by atoms with Crippen molar-refractivity contribution in [3.63, 3.8) is 0 Å². The normalized spacial score (nSPS) is 17.9. The van der Waals surface area contributed by atoms with Gasteiger partial charge in [-0.05, 0) is 0 Å². The first-order valence-electron chi connectivity index (χ1n) is 2.76. The molecule has 1 rings (SSSR count). The lowest BCUT2D eigenvalue weighted by atomic mass is 10.6. The van der Waals surface area contributed by atoms with Crippen molar-refractivity contribution in [2.45, 2.75) is 0 Å². The molecule has 0 unspecified atom stereocenters. The minimum Gasteiger partial charge on any atom is -0.329 e. The zero-order chi connectivity index (χ0) is 5.82. The van der Waals surface area contributed by atoms with E-state index in [1.54, 1.807) is 0 Å². The summed E-state index contributed by atoms with van der Waals surface area (Å²) in [7, 11) is 0. The van der Waals surface area contributed by atoms with Crippen LogP contribution in [0, 0.1) is 0 Å². The van der Waals surface area contributed by atoms with Crippen LogP contribution < -0.4 is 5.73 Å². The third-order valence-electron chi connectivity index (χ3n) is 1.04. The molecule has 0 radical (unpaired) electrons. The monoisotopic (exact) mass is 114 g/mol. The van der Waals surface area contributed by atoms with Gasteiger partial charge in [-0.3, -0.25) is 5.01 Å². The molecule has 4 heteroatoms. The standard InChI is InChI=1S/C4H10N4/c5-1-3-8-4-2-6-7-8/h1-5H2. The number of hydrogen-bond donors (Lipinski definition) is 1. The Hall–Kier alpha value is -0.640. The van der Waals surface area contributed by atoms with Crippen LogP contribution in [0.1, 0.15) is 0 Å². The second-order valence-corrected chi connectivity index (χ2v) is 1.70. The minimum absolute atomic E-state index is 0.666. The van der Waals surface area contributed by atoms with E-state index in [0.29, 0.717) is 6.54 Å². The second kappa shape index (κ2) is 2.61. The highest BCUT2D eigenvalue weighted by Gasteiger charge is 2.03. The van der Waals surface area contributed by atoms with Gasteiger partial charge in [0.05, 0.1) is 19.6 Å². The first-order chi connectivity index (χ1) is 3.93. The Balaban J connectivity index is 2.16. The highest BCUT2D eigenvalue weighted by Crippen LogP contribution is 1.96. The number of nitrogens with two attached hydrogens (primary N) is 1. The summed E-state index contributed by atoms with van der Waals surface area (Å²) in [5.74, 6) is 0. The van der Waals surface area contributed by atoms with Gasteiger partial charge in [0.25, 0.3) is 0 Å². The van der Waals surface area contributed by atoms with Crippen LogP contribution in [0.3, 0.4) is 0 Å². The van der Waals surface area contributed by atoms with Gasteiger partial charge in [0.1, 0.15) is 0 Å². The largest absolute Gasteiger partial charge is 0.329 e. The summed E-state index contributed by atoms with van der Waals surface area (Å²) >= 11 is 0. The molecule has 0 amide bonds. The summed E-state index contributed by atoms with van der Waals surface area (Å²) in [6, 6.07) is 0. The maximum Gasteiger partial charge on any atom is 0.0813 e. The van der Waals surface area contributed by atoms with Crippen LogP contribution in [-0.2, 0) is 0 Å². The van der Waals surface area contributed by atoms with E-state index in [2.05, 4.69) is 10.3 Å². The van der Waals surface area contributed by atoms with Crippen molar-refractivity contribution in [2.24, 2.45) is 16.1 Å². The van der Waals surface area contributed by atoms with E-state index in [-0.39, 0.29) is 0 Å². The van der Waals surface area contributed by atoms with Crippen LogP contribution in [0.5, 0.6) is 0 Å². The first kappa shape index (κ1) is 5.50. The maximum absolute atomic E-state index is 5.26. The molecule has 0 saturated carbocycles. The van der Waals surface area contributed by atoms with Crippen LogP contribution in [0.4, 0.5) is 0 Å². The van der Waals surface area contributed by atoms with E-state index in [1.165, 1.54) is 0 Å². The lowest BCUT2D eigenvalue weighted by Crippen LogP contribution is -2.23. The molecule has 1 aliphatic rings. The molecule has 0 aromatic rings. The van der Waals surface area contributed by atoms with Gasteiger partial charge in [-0.1, -0.05) is 5.22 Å². The Kier molecular flexibility index (Phi) is 1.80.